The Labute approximate surface area is 94.2 Å². The van der Waals surface area contributed by atoms with E-state index < -0.39 is 5.54 Å². The Kier molecular flexibility index (Phi) is 2.88. The van der Waals surface area contributed by atoms with Gasteiger partial charge >= 0.3 is 0 Å². The van der Waals surface area contributed by atoms with E-state index in [0.717, 1.165) is 36.8 Å². The lowest BCUT2D eigenvalue weighted by atomic mass is 9.88. The molecule has 1 aromatic rings. The van der Waals surface area contributed by atoms with Crippen LogP contribution in [0.5, 0.6) is 0 Å². The van der Waals surface area contributed by atoms with Crippen LogP contribution in [0.2, 0.25) is 0 Å². The third-order valence-electron chi connectivity index (χ3n) is 3.27. The molecule has 3 heteroatoms. The smallest absolute Gasteiger partial charge is 0.211 e. The maximum atomic E-state index is 13.4. The van der Waals surface area contributed by atoms with E-state index in [9.17, 15) is 9.18 Å². The third-order valence-corrected chi connectivity index (χ3v) is 3.27. The fourth-order valence-electron chi connectivity index (χ4n) is 2.52. The van der Waals surface area contributed by atoms with Gasteiger partial charge in [-0.15, -0.1) is 0 Å². The predicted molar refractivity (Wildman–Crippen MR) is 59.4 cm³/mol. The van der Waals surface area contributed by atoms with Gasteiger partial charge in [-0.3, -0.25) is 0 Å². The van der Waals surface area contributed by atoms with Crippen molar-refractivity contribution in [2.45, 2.75) is 38.1 Å². The number of isocyanates is 1. The number of benzene rings is 1. The van der Waals surface area contributed by atoms with E-state index in [-0.39, 0.29) is 5.82 Å². The summed E-state index contributed by atoms with van der Waals surface area (Å²) in [5.74, 6) is -0.262. The monoisotopic (exact) mass is 219 g/mol. The van der Waals surface area contributed by atoms with Crippen LogP contribution in [0.3, 0.4) is 0 Å². The standard InChI is InChI=1S/C13H14FNO/c1-10-6-11(8-12(14)7-10)13(15-9-16)4-2-3-5-13/h6-8H,2-5H2,1H3. The number of hydrogen-bond acceptors (Lipinski definition) is 2. The van der Waals surface area contributed by atoms with E-state index in [4.69, 9.17) is 0 Å². The van der Waals surface area contributed by atoms with E-state index in [0.29, 0.717) is 0 Å². The molecule has 0 heterocycles. The molecule has 1 fully saturated rings. The van der Waals surface area contributed by atoms with Gasteiger partial charge in [-0.1, -0.05) is 18.9 Å². The predicted octanol–water partition coefficient (Wildman–Crippen LogP) is 3.24. The van der Waals surface area contributed by atoms with Gasteiger partial charge in [0.2, 0.25) is 6.08 Å². The SMILES string of the molecule is Cc1cc(F)cc(C2(N=C=O)CCCC2)c1. The molecule has 0 aliphatic heterocycles. The molecule has 0 spiro atoms. The second-order valence-electron chi connectivity index (χ2n) is 4.46. The first kappa shape index (κ1) is 11.0. The summed E-state index contributed by atoms with van der Waals surface area (Å²) in [6.07, 6.45) is 5.32. The van der Waals surface area contributed by atoms with E-state index in [2.05, 4.69) is 4.99 Å². The van der Waals surface area contributed by atoms with E-state index in [1.165, 1.54) is 12.1 Å². The van der Waals surface area contributed by atoms with Gasteiger partial charge in [0.15, 0.2) is 0 Å². The number of aliphatic imine (C=N–C) groups is 1. The van der Waals surface area contributed by atoms with Crippen LogP contribution in [-0.4, -0.2) is 6.08 Å². The second kappa shape index (κ2) is 4.18. The maximum absolute atomic E-state index is 13.4. The number of rotatable bonds is 2. The average Bonchev–Trinajstić information content (AvgIpc) is 2.66. The zero-order valence-electron chi connectivity index (χ0n) is 9.29. The fourth-order valence-corrected chi connectivity index (χ4v) is 2.52. The molecule has 2 nitrogen and oxygen atoms in total. The molecule has 2 rings (SSSR count). The van der Waals surface area contributed by atoms with Gasteiger partial charge in [0.25, 0.3) is 0 Å². The van der Waals surface area contributed by atoms with Gasteiger partial charge in [0.05, 0.1) is 5.54 Å². The lowest BCUT2D eigenvalue weighted by Crippen LogP contribution is -2.19. The third kappa shape index (κ3) is 1.91. The molecular formula is C13H14FNO. The van der Waals surface area contributed by atoms with Gasteiger partial charge < -0.3 is 0 Å². The van der Waals surface area contributed by atoms with Crippen LogP contribution >= 0.6 is 0 Å². The highest BCUT2D eigenvalue weighted by Gasteiger charge is 2.35. The minimum atomic E-state index is -0.519. The molecule has 0 unspecified atom stereocenters. The minimum Gasteiger partial charge on any atom is -0.211 e. The van der Waals surface area contributed by atoms with Crippen LogP contribution in [-0.2, 0) is 10.3 Å². The average molecular weight is 219 g/mol. The number of halogens is 1. The summed E-state index contributed by atoms with van der Waals surface area (Å²) in [5, 5.41) is 0. The molecule has 0 bridgehead atoms. The van der Waals surface area contributed by atoms with Gasteiger partial charge in [-0.05, 0) is 43.0 Å². The summed E-state index contributed by atoms with van der Waals surface area (Å²) >= 11 is 0. The van der Waals surface area contributed by atoms with Crippen LogP contribution in [0.25, 0.3) is 0 Å². The largest absolute Gasteiger partial charge is 0.235 e. The maximum Gasteiger partial charge on any atom is 0.235 e. The summed E-state index contributed by atoms with van der Waals surface area (Å²) in [4.78, 5) is 14.5. The molecule has 0 saturated heterocycles. The van der Waals surface area contributed by atoms with Gasteiger partial charge in [-0.25, -0.2) is 9.18 Å². The highest BCUT2D eigenvalue weighted by Crippen LogP contribution is 2.42. The summed E-state index contributed by atoms with van der Waals surface area (Å²) in [5.41, 5.74) is 1.16. The Morgan fingerprint density at radius 2 is 2.00 bits per heavy atom. The first-order valence-electron chi connectivity index (χ1n) is 5.53. The van der Waals surface area contributed by atoms with Gasteiger partial charge in [-0.2, -0.15) is 4.99 Å². The fraction of sp³-hybridized carbons (Fsp3) is 0.462. The Morgan fingerprint density at radius 3 is 2.56 bits per heavy atom. The summed E-state index contributed by atoms with van der Waals surface area (Å²) in [7, 11) is 0. The lowest BCUT2D eigenvalue weighted by molar-refractivity contribution is 0.452. The van der Waals surface area contributed by atoms with Crippen molar-refractivity contribution in [1.29, 1.82) is 0 Å². The molecule has 1 aliphatic rings. The summed E-state index contributed by atoms with van der Waals surface area (Å²) in [6.45, 7) is 1.85. The Morgan fingerprint density at radius 1 is 1.31 bits per heavy atom. The van der Waals surface area contributed by atoms with E-state index >= 15 is 0 Å². The number of nitrogens with zero attached hydrogens (tertiary/aromatic N) is 1. The molecule has 84 valence electrons. The van der Waals surface area contributed by atoms with Crippen LogP contribution in [0.4, 0.5) is 4.39 Å². The van der Waals surface area contributed by atoms with Crippen molar-refractivity contribution < 1.29 is 9.18 Å². The summed E-state index contributed by atoms with van der Waals surface area (Å²) < 4.78 is 13.4. The summed E-state index contributed by atoms with van der Waals surface area (Å²) in [6, 6.07) is 4.88. The minimum absolute atomic E-state index is 0.262. The van der Waals surface area contributed by atoms with Crippen molar-refractivity contribution in [2.24, 2.45) is 4.99 Å². The molecule has 0 aromatic heterocycles. The first-order valence-corrected chi connectivity index (χ1v) is 5.53. The molecule has 0 amide bonds. The van der Waals surface area contributed by atoms with Crippen molar-refractivity contribution in [3.05, 3.63) is 35.1 Å². The molecule has 16 heavy (non-hydrogen) atoms. The van der Waals surface area contributed by atoms with E-state index in [1.54, 1.807) is 6.08 Å². The molecular weight excluding hydrogens is 205 g/mol. The molecule has 1 aliphatic carbocycles. The molecule has 0 N–H and O–H groups in total. The quantitative estimate of drug-likeness (QED) is 0.554. The normalized spacial score (nSPS) is 18.1. The number of hydrogen-bond donors (Lipinski definition) is 0. The van der Waals surface area contributed by atoms with Crippen LogP contribution in [0.15, 0.2) is 23.2 Å². The van der Waals surface area contributed by atoms with E-state index in [1.807, 2.05) is 13.0 Å². The highest BCUT2D eigenvalue weighted by atomic mass is 19.1. The second-order valence-corrected chi connectivity index (χ2v) is 4.46. The Balaban J connectivity index is 2.50. The van der Waals surface area contributed by atoms with Crippen LogP contribution in [0.1, 0.15) is 36.8 Å². The van der Waals surface area contributed by atoms with Crippen LogP contribution < -0.4 is 0 Å². The van der Waals surface area contributed by atoms with Crippen molar-refractivity contribution in [3.63, 3.8) is 0 Å². The number of carbonyl (C=O) groups excluding carboxylic acids is 1. The topological polar surface area (TPSA) is 29.4 Å². The van der Waals surface area contributed by atoms with Crippen molar-refractivity contribution in [1.82, 2.24) is 0 Å². The molecule has 1 aromatic carbocycles. The van der Waals surface area contributed by atoms with Crippen molar-refractivity contribution in [3.8, 4) is 0 Å². The zero-order chi connectivity index (χ0) is 11.6. The van der Waals surface area contributed by atoms with Crippen molar-refractivity contribution in [2.75, 3.05) is 0 Å². The molecule has 0 atom stereocenters. The van der Waals surface area contributed by atoms with Gasteiger partial charge in [0, 0.05) is 0 Å². The zero-order valence-corrected chi connectivity index (χ0v) is 9.29. The van der Waals surface area contributed by atoms with Crippen molar-refractivity contribution >= 4 is 6.08 Å². The Hall–Kier alpha value is -1.47. The first-order chi connectivity index (χ1) is 7.66. The molecule has 1 saturated carbocycles. The lowest BCUT2D eigenvalue weighted by Gasteiger charge is -2.23. The number of aryl methyl sites for hydroxylation is 1. The van der Waals surface area contributed by atoms with Gasteiger partial charge in [0.1, 0.15) is 5.82 Å². The Bertz CT molecular complexity index is 423. The highest BCUT2D eigenvalue weighted by molar-refractivity contribution is 5.39. The van der Waals surface area contributed by atoms with Crippen LogP contribution in [0, 0.1) is 12.7 Å². The molecule has 0 radical (unpaired) electrons.